The van der Waals surface area contributed by atoms with Crippen LogP contribution in [0.2, 0.25) is 0 Å². The number of benzene rings is 2. The van der Waals surface area contributed by atoms with Crippen molar-refractivity contribution in [3.8, 4) is 0 Å². The van der Waals surface area contributed by atoms with Gasteiger partial charge < -0.3 is 4.42 Å². The highest BCUT2D eigenvalue weighted by atomic mass is 32.2. The lowest BCUT2D eigenvalue weighted by Crippen LogP contribution is -1.80. The van der Waals surface area contributed by atoms with E-state index in [9.17, 15) is 8.42 Å². The van der Waals surface area contributed by atoms with Gasteiger partial charge in [0.2, 0.25) is 0 Å². The third-order valence-corrected chi connectivity index (χ3v) is 3.34. The number of furan rings is 1. The molecule has 3 rings (SSSR count). The second kappa shape index (κ2) is 3.35. The van der Waals surface area contributed by atoms with Crippen LogP contribution in [0.25, 0.3) is 21.9 Å². The minimum Gasteiger partial charge on any atom is -0.456 e. The fourth-order valence-corrected chi connectivity index (χ4v) is 2.53. The maximum atomic E-state index is 11.2. The third-order valence-electron chi connectivity index (χ3n) is 2.58. The van der Waals surface area contributed by atoms with Gasteiger partial charge in [0.25, 0.3) is 0 Å². The van der Waals surface area contributed by atoms with Crippen LogP contribution in [-0.2, 0) is 10.7 Å². The molecule has 3 aromatic rings. The molecule has 0 saturated carbocycles. The van der Waals surface area contributed by atoms with Crippen molar-refractivity contribution in [3.63, 3.8) is 0 Å². The second-order valence-corrected chi connectivity index (χ2v) is 4.50. The summed E-state index contributed by atoms with van der Waals surface area (Å²) in [6, 6.07) is 12.5. The first-order valence-electron chi connectivity index (χ1n) is 4.82. The molecule has 0 saturated heterocycles. The van der Waals surface area contributed by atoms with Crippen molar-refractivity contribution in [3.05, 3.63) is 42.5 Å². The predicted octanol–water partition coefficient (Wildman–Crippen LogP) is 2.56. The third kappa shape index (κ3) is 1.23. The molecule has 0 amide bonds. The Kier molecular flexibility index (Phi) is 1.97. The Morgan fingerprint density at radius 3 is 2.44 bits per heavy atom. The zero-order valence-corrected chi connectivity index (χ0v) is 9.11. The molecule has 0 N–H and O–H groups in total. The molecule has 2 aromatic carbocycles. The topological polar surface area (TPSA) is 47.3 Å². The highest BCUT2D eigenvalue weighted by molar-refractivity contribution is 7.72. The molecule has 80 valence electrons. The van der Waals surface area contributed by atoms with Crippen LogP contribution in [-0.4, -0.2) is 8.42 Å². The highest BCUT2D eigenvalue weighted by Gasteiger charge is 2.11. The lowest BCUT2D eigenvalue weighted by atomic mass is 10.1. The molecule has 0 bridgehead atoms. The Morgan fingerprint density at radius 2 is 1.62 bits per heavy atom. The van der Waals surface area contributed by atoms with E-state index in [1.165, 1.54) is 0 Å². The van der Waals surface area contributed by atoms with E-state index in [1.54, 1.807) is 18.2 Å². The first-order chi connectivity index (χ1) is 7.77. The van der Waals surface area contributed by atoms with Crippen LogP contribution in [0.3, 0.4) is 0 Å². The number of thiol groups is 1. The van der Waals surface area contributed by atoms with Gasteiger partial charge in [0.15, 0.2) is 10.7 Å². The molecular formula is C12H8O3S. The standard InChI is InChI=1S/C12H8O3S/c13-16(14)11-7-3-6-10-12(11)8-4-1-2-5-9(8)15-10/h1-7,16H. The van der Waals surface area contributed by atoms with Crippen LogP contribution in [0.1, 0.15) is 0 Å². The molecular weight excluding hydrogens is 224 g/mol. The van der Waals surface area contributed by atoms with Crippen LogP contribution in [0.5, 0.6) is 0 Å². The molecule has 1 aromatic heterocycles. The van der Waals surface area contributed by atoms with Crippen LogP contribution in [0.15, 0.2) is 51.8 Å². The molecule has 1 heterocycles. The van der Waals surface area contributed by atoms with E-state index in [4.69, 9.17) is 4.42 Å². The van der Waals surface area contributed by atoms with Crippen molar-refractivity contribution in [1.82, 2.24) is 0 Å². The fourth-order valence-electron chi connectivity index (χ4n) is 1.91. The first kappa shape index (κ1) is 9.42. The van der Waals surface area contributed by atoms with Crippen molar-refractivity contribution in [2.45, 2.75) is 4.90 Å². The van der Waals surface area contributed by atoms with Gasteiger partial charge in [-0.3, -0.25) is 0 Å². The number of hydrogen-bond acceptors (Lipinski definition) is 3. The van der Waals surface area contributed by atoms with E-state index in [0.29, 0.717) is 21.4 Å². The van der Waals surface area contributed by atoms with E-state index >= 15 is 0 Å². The van der Waals surface area contributed by atoms with Crippen molar-refractivity contribution >= 4 is 32.6 Å². The number of rotatable bonds is 1. The summed E-state index contributed by atoms with van der Waals surface area (Å²) >= 11 is 0. The molecule has 0 unspecified atom stereocenters. The zero-order valence-electron chi connectivity index (χ0n) is 8.21. The summed E-state index contributed by atoms with van der Waals surface area (Å²) < 4.78 is 27.9. The normalized spacial score (nSPS) is 11.6. The fraction of sp³-hybridized carbons (Fsp3) is 0. The van der Waals surface area contributed by atoms with Gasteiger partial charge in [-0.1, -0.05) is 24.3 Å². The molecule has 0 spiro atoms. The summed E-state index contributed by atoms with van der Waals surface area (Å²) in [6.07, 6.45) is 0. The van der Waals surface area contributed by atoms with Crippen LogP contribution in [0, 0.1) is 0 Å². The summed E-state index contributed by atoms with van der Waals surface area (Å²) in [6.45, 7) is 0. The molecule has 0 atom stereocenters. The summed E-state index contributed by atoms with van der Waals surface area (Å²) in [7, 11) is -2.60. The minimum absolute atomic E-state index is 0.317. The van der Waals surface area contributed by atoms with E-state index in [0.717, 1.165) is 5.39 Å². The molecule has 0 aliphatic rings. The van der Waals surface area contributed by atoms with Crippen molar-refractivity contribution in [2.24, 2.45) is 0 Å². The zero-order chi connectivity index (χ0) is 11.1. The van der Waals surface area contributed by atoms with Crippen molar-refractivity contribution < 1.29 is 12.8 Å². The summed E-state index contributed by atoms with van der Waals surface area (Å²) in [4.78, 5) is 0.317. The van der Waals surface area contributed by atoms with Gasteiger partial charge in [0.1, 0.15) is 11.2 Å². The molecule has 0 aliphatic carbocycles. The van der Waals surface area contributed by atoms with Gasteiger partial charge in [0.05, 0.1) is 4.90 Å². The molecule has 3 nitrogen and oxygen atoms in total. The summed E-state index contributed by atoms with van der Waals surface area (Å²) in [5.74, 6) is 0. The molecule has 0 fully saturated rings. The van der Waals surface area contributed by atoms with Crippen LogP contribution in [0.4, 0.5) is 0 Å². The van der Waals surface area contributed by atoms with E-state index in [1.807, 2.05) is 24.3 Å². The average Bonchev–Trinajstić information content (AvgIpc) is 2.66. The van der Waals surface area contributed by atoms with Gasteiger partial charge in [-0.05, 0) is 18.2 Å². The maximum Gasteiger partial charge on any atom is 0.169 e. The number of para-hydroxylation sites is 1. The lowest BCUT2D eigenvalue weighted by molar-refractivity contribution is 0.615. The Hall–Kier alpha value is -1.81. The van der Waals surface area contributed by atoms with Crippen molar-refractivity contribution in [2.75, 3.05) is 0 Å². The Labute approximate surface area is 93.2 Å². The maximum absolute atomic E-state index is 11.2. The van der Waals surface area contributed by atoms with E-state index < -0.39 is 10.7 Å². The quantitative estimate of drug-likeness (QED) is 0.656. The molecule has 0 radical (unpaired) electrons. The van der Waals surface area contributed by atoms with Crippen LogP contribution < -0.4 is 0 Å². The number of hydrogen-bond donors (Lipinski definition) is 1. The Balaban J connectivity index is 2.63. The largest absolute Gasteiger partial charge is 0.456 e. The Morgan fingerprint density at radius 1 is 0.875 bits per heavy atom. The van der Waals surface area contributed by atoms with E-state index in [2.05, 4.69) is 0 Å². The summed E-state index contributed by atoms with van der Waals surface area (Å²) in [5, 5.41) is 1.52. The van der Waals surface area contributed by atoms with Crippen LogP contribution >= 0.6 is 0 Å². The lowest BCUT2D eigenvalue weighted by Gasteiger charge is -1.93. The first-order valence-corrected chi connectivity index (χ1v) is 6.00. The molecule has 4 heteroatoms. The van der Waals surface area contributed by atoms with Gasteiger partial charge in [-0.2, -0.15) is 0 Å². The molecule has 16 heavy (non-hydrogen) atoms. The Bertz CT molecular complexity index is 745. The van der Waals surface area contributed by atoms with Gasteiger partial charge in [-0.15, -0.1) is 0 Å². The van der Waals surface area contributed by atoms with Gasteiger partial charge >= 0.3 is 0 Å². The SMILES string of the molecule is O=[SH](=O)c1cccc2oc3ccccc3c12. The van der Waals surface area contributed by atoms with Crippen molar-refractivity contribution in [1.29, 1.82) is 0 Å². The highest BCUT2D eigenvalue weighted by Crippen LogP contribution is 2.31. The second-order valence-electron chi connectivity index (χ2n) is 3.51. The predicted molar refractivity (Wildman–Crippen MR) is 62.3 cm³/mol. The van der Waals surface area contributed by atoms with Gasteiger partial charge in [0, 0.05) is 10.8 Å². The minimum atomic E-state index is -2.60. The van der Waals surface area contributed by atoms with E-state index in [-0.39, 0.29) is 0 Å². The number of fused-ring (bicyclic) bond motifs is 3. The monoisotopic (exact) mass is 232 g/mol. The molecule has 0 aliphatic heterocycles. The summed E-state index contributed by atoms with van der Waals surface area (Å²) in [5.41, 5.74) is 1.32. The average molecular weight is 232 g/mol. The van der Waals surface area contributed by atoms with Gasteiger partial charge in [-0.25, -0.2) is 8.42 Å². The smallest absolute Gasteiger partial charge is 0.169 e.